The number of carbonyl (C=O) groups is 3. The number of aromatic nitrogens is 1. The Hall–Kier alpha value is -3.49. The zero-order chi connectivity index (χ0) is 25.0. The number of hydrogen-bond acceptors (Lipinski definition) is 5. The van der Waals surface area contributed by atoms with Gasteiger partial charge in [-0.15, -0.1) is 0 Å². The molecule has 0 N–H and O–H groups in total. The molecule has 35 heavy (non-hydrogen) atoms. The van der Waals surface area contributed by atoms with Crippen molar-refractivity contribution in [1.29, 1.82) is 0 Å². The average Bonchev–Trinajstić information content (AvgIpc) is 3.24. The lowest BCUT2D eigenvalue weighted by Gasteiger charge is -2.16. The van der Waals surface area contributed by atoms with E-state index in [1.807, 2.05) is 54.9 Å². The Morgan fingerprint density at radius 3 is 2.40 bits per heavy atom. The standard InChI is InChI=1S/C27H24BrN3O4/c1-29(2)9-10-35-22-8-5-15(14-32)11-17(22)18-13-21-23(25-24(18)26(33)31(4)27(25)34)19-12-16(28)6-7-20(19)30(21)3/h5-8,11-14H,9-10H2,1-4H3. The summed E-state index contributed by atoms with van der Waals surface area (Å²) in [7, 11) is 7.35. The Balaban J connectivity index is 1.86. The zero-order valence-corrected chi connectivity index (χ0v) is 21.5. The summed E-state index contributed by atoms with van der Waals surface area (Å²) >= 11 is 3.53. The molecule has 1 aromatic heterocycles. The van der Waals surface area contributed by atoms with Crippen molar-refractivity contribution in [2.75, 3.05) is 34.3 Å². The summed E-state index contributed by atoms with van der Waals surface area (Å²) in [6.07, 6.45) is 0.763. The molecule has 8 heteroatoms. The monoisotopic (exact) mass is 533 g/mol. The molecule has 1 aliphatic heterocycles. The van der Waals surface area contributed by atoms with Gasteiger partial charge in [0.2, 0.25) is 0 Å². The summed E-state index contributed by atoms with van der Waals surface area (Å²) in [5.74, 6) is -0.161. The second-order valence-electron chi connectivity index (χ2n) is 8.98. The van der Waals surface area contributed by atoms with E-state index in [2.05, 4.69) is 15.9 Å². The molecule has 0 saturated carbocycles. The van der Waals surface area contributed by atoms with Crippen LogP contribution in [0.25, 0.3) is 32.9 Å². The van der Waals surface area contributed by atoms with Gasteiger partial charge in [-0.2, -0.15) is 0 Å². The number of likely N-dealkylation sites (N-methyl/N-ethyl adjacent to an activating group) is 1. The maximum absolute atomic E-state index is 13.4. The van der Waals surface area contributed by atoms with Gasteiger partial charge in [0.15, 0.2) is 0 Å². The minimum Gasteiger partial charge on any atom is -0.492 e. The van der Waals surface area contributed by atoms with E-state index >= 15 is 0 Å². The largest absolute Gasteiger partial charge is 0.492 e. The maximum atomic E-state index is 13.4. The molecule has 1 aliphatic rings. The molecule has 0 unspecified atom stereocenters. The topological polar surface area (TPSA) is 71.8 Å². The lowest BCUT2D eigenvalue weighted by molar-refractivity contribution is 0.0693. The van der Waals surface area contributed by atoms with Crippen LogP contribution in [0.3, 0.4) is 0 Å². The average molecular weight is 534 g/mol. The third-order valence-corrected chi connectivity index (χ3v) is 7.01. The van der Waals surface area contributed by atoms with Gasteiger partial charge in [0, 0.05) is 58.1 Å². The fraction of sp³-hybridized carbons (Fsp3) is 0.222. The molecular weight excluding hydrogens is 510 g/mol. The van der Waals surface area contributed by atoms with Crippen molar-refractivity contribution >= 4 is 55.8 Å². The number of rotatable bonds is 6. The van der Waals surface area contributed by atoms with Gasteiger partial charge in [-0.1, -0.05) is 15.9 Å². The van der Waals surface area contributed by atoms with E-state index in [0.29, 0.717) is 46.7 Å². The molecule has 7 nitrogen and oxygen atoms in total. The molecule has 2 amide bonds. The number of imide groups is 1. The summed E-state index contributed by atoms with van der Waals surface area (Å²) in [6, 6.07) is 13.0. The summed E-state index contributed by atoms with van der Waals surface area (Å²) in [6.45, 7) is 1.13. The van der Waals surface area contributed by atoms with Crippen molar-refractivity contribution in [3.05, 3.63) is 63.6 Å². The van der Waals surface area contributed by atoms with E-state index < -0.39 is 0 Å². The van der Waals surface area contributed by atoms with Crippen LogP contribution < -0.4 is 4.74 Å². The first-order chi connectivity index (χ1) is 16.7. The quantitative estimate of drug-likeness (QED) is 0.264. The Bertz CT molecular complexity index is 1550. The van der Waals surface area contributed by atoms with Gasteiger partial charge in [-0.25, -0.2) is 0 Å². The normalized spacial score (nSPS) is 13.4. The fourth-order valence-corrected chi connectivity index (χ4v) is 5.07. The SMILES string of the molecule is CN(C)CCOc1ccc(C=O)cc1-c1cc2c(c3c1C(=O)N(C)C3=O)c1cc(Br)ccc1n2C. The first kappa shape index (κ1) is 23.3. The van der Waals surface area contributed by atoms with Gasteiger partial charge in [0.25, 0.3) is 11.8 Å². The highest BCUT2D eigenvalue weighted by atomic mass is 79.9. The van der Waals surface area contributed by atoms with Gasteiger partial charge in [0.05, 0.1) is 16.6 Å². The third-order valence-electron chi connectivity index (χ3n) is 6.52. The van der Waals surface area contributed by atoms with Crippen LogP contribution in [0.15, 0.2) is 46.9 Å². The molecule has 0 aliphatic carbocycles. The molecule has 0 radical (unpaired) electrons. The second-order valence-corrected chi connectivity index (χ2v) is 9.90. The number of amides is 2. The minimum absolute atomic E-state index is 0.331. The smallest absolute Gasteiger partial charge is 0.262 e. The number of nitrogens with zero attached hydrogens (tertiary/aromatic N) is 3. The maximum Gasteiger partial charge on any atom is 0.262 e. The van der Waals surface area contributed by atoms with E-state index in [-0.39, 0.29) is 11.8 Å². The molecule has 0 bridgehead atoms. The molecular formula is C27H24BrN3O4. The van der Waals surface area contributed by atoms with Gasteiger partial charge >= 0.3 is 0 Å². The highest BCUT2D eigenvalue weighted by molar-refractivity contribution is 9.10. The van der Waals surface area contributed by atoms with Crippen molar-refractivity contribution in [1.82, 2.24) is 14.4 Å². The van der Waals surface area contributed by atoms with Crippen LogP contribution in [0.4, 0.5) is 0 Å². The van der Waals surface area contributed by atoms with Crippen LogP contribution in [0, 0.1) is 0 Å². The lowest BCUT2D eigenvalue weighted by atomic mass is 9.91. The highest BCUT2D eigenvalue weighted by Crippen LogP contribution is 2.44. The number of ether oxygens (including phenoxy) is 1. The molecule has 0 saturated heterocycles. The van der Waals surface area contributed by atoms with E-state index in [1.54, 1.807) is 18.2 Å². The van der Waals surface area contributed by atoms with Gasteiger partial charge in [-0.3, -0.25) is 19.3 Å². The van der Waals surface area contributed by atoms with Crippen LogP contribution >= 0.6 is 15.9 Å². The summed E-state index contributed by atoms with van der Waals surface area (Å²) < 4.78 is 8.99. The molecule has 5 rings (SSSR count). The Morgan fingerprint density at radius 2 is 1.69 bits per heavy atom. The number of fused-ring (bicyclic) bond motifs is 5. The molecule has 2 heterocycles. The molecule has 0 atom stereocenters. The first-order valence-electron chi connectivity index (χ1n) is 11.2. The van der Waals surface area contributed by atoms with Crippen LogP contribution in [0.2, 0.25) is 0 Å². The number of aldehydes is 1. The van der Waals surface area contributed by atoms with Crippen LogP contribution in [-0.2, 0) is 7.05 Å². The summed E-state index contributed by atoms with van der Waals surface area (Å²) in [5, 5.41) is 1.63. The number of carbonyl (C=O) groups excluding carboxylic acids is 3. The Morgan fingerprint density at radius 1 is 0.943 bits per heavy atom. The highest BCUT2D eigenvalue weighted by Gasteiger charge is 2.39. The number of benzene rings is 3. The summed E-state index contributed by atoms with van der Waals surface area (Å²) in [4.78, 5) is 41.6. The Labute approximate surface area is 211 Å². The predicted octanol–water partition coefficient (Wildman–Crippen LogP) is 4.74. The second kappa shape index (κ2) is 8.62. The van der Waals surface area contributed by atoms with E-state index in [4.69, 9.17) is 4.74 Å². The van der Waals surface area contributed by atoms with Crippen molar-refractivity contribution < 1.29 is 19.1 Å². The van der Waals surface area contributed by atoms with Crippen molar-refractivity contribution in [3.8, 4) is 16.9 Å². The van der Waals surface area contributed by atoms with E-state index in [1.165, 1.54) is 7.05 Å². The van der Waals surface area contributed by atoms with Crippen LogP contribution in [0.5, 0.6) is 5.75 Å². The first-order valence-corrected chi connectivity index (χ1v) is 12.0. The van der Waals surface area contributed by atoms with Crippen molar-refractivity contribution in [2.45, 2.75) is 0 Å². The molecule has 3 aromatic carbocycles. The van der Waals surface area contributed by atoms with E-state index in [9.17, 15) is 14.4 Å². The molecule has 0 fully saturated rings. The summed E-state index contributed by atoms with van der Waals surface area (Å²) in [5.41, 5.74) is 4.11. The van der Waals surface area contributed by atoms with Crippen LogP contribution in [0.1, 0.15) is 31.1 Å². The molecule has 0 spiro atoms. The zero-order valence-electron chi connectivity index (χ0n) is 19.9. The molecule has 178 valence electrons. The van der Waals surface area contributed by atoms with E-state index in [0.717, 1.165) is 37.5 Å². The Kier molecular flexibility index (Phi) is 5.73. The number of halogens is 1. The van der Waals surface area contributed by atoms with Gasteiger partial charge in [0.1, 0.15) is 18.6 Å². The van der Waals surface area contributed by atoms with Crippen LogP contribution in [-0.4, -0.2) is 66.8 Å². The lowest BCUT2D eigenvalue weighted by Crippen LogP contribution is -2.24. The number of hydrogen-bond donors (Lipinski definition) is 0. The van der Waals surface area contributed by atoms with Gasteiger partial charge in [-0.05, 0) is 56.6 Å². The van der Waals surface area contributed by atoms with Crippen molar-refractivity contribution in [3.63, 3.8) is 0 Å². The number of aryl methyl sites for hydroxylation is 1. The minimum atomic E-state index is -0.371. The molecule has 4 aromatic rings. The fourth-order valence-electron chi connectivity index (χ4n) is 4.71. The predicted molar refractivity (Wildman–Crippen MR) is 139 cm³/mol. The van der Waals surface area contributed by atoms with Crippen molar-refractivity contribution in [2.24, 2.45) is 7.05 Å². The van der Waals surface area contributed by atoms with Gasteiger partial charge < -0.3 is 14.2 Å². The third kappa shape index (κ3) is 3.64.